The lowest BCUT2D eigenvalue weighted by molar-refractivity contribution is 0.208. The Balaban J connectivity index is 1.93. The summed E-state index contributed by atoms with van der Waals surface area (Å²) in [6.07, 6.45) is 2.55. The highest BCUT2D eigenvalue weighted by Gasteiger charge is 2.22. The summed E-state index contributed by atoms with van der Waals surface area (Å²) < 4.78 is 0. The quantitative estimate of drug-likeness (QED) is 0.886. The molecule has 1 fully saturated rings. The molecule has 1 aromatic rings. The van der Waals surface area contributed by atoms with Crippen LogP contribution in [-0.2, 0) is 0 Å². The van der Waals surface area contributed by atoms with Gasteiger partial charge < -0.3 is 10.2 Å². The SMILES string of the molecule is CC(Nc1ccccc1Cl)C1CCN(C)CC1. The summed E-state index contributed by atoms with van der Waals surface area (Å²) in [5.74, 6) is 0.752. The van der Waals surface area contributed by atoms with E-state index in [0.29, 0.717) is 6.04 Å². The molecule has 1 unspecified atom stereocenters. The van der Waals surface area contributed by atoms with Gasteiger partial charge in [0.1, 0.15) is 0 Å². The van der Waals surface area contributed by atoms with Crippen LogP contribution in [0.3, 0.4) is 0 Å². The summed E-state index contributed by atoms with van der Waals surface area (Å²) in [5, 5.41) is 4.36. The number of piperidine rings is 1. The minimum Gasteiger partial charge on any atom is -0.381 e. The van der Waals surface area contributed by atoms with Gasteiger partial charge in [-0.3, -0.25) is 0 Å². The maximum absolute atomic E-state index is 6.16. The molecule has 0 radical (unpaired) electrons. The van der Waals surface area contributed by atoms with Crippen LogP contribution in [0.5, 0.6) is 0 Å². The second-order valence-corrected chi connectivity index (χ2v) is 5.46. The molecule has 17 heavy (non-hydrogen) atoms. The highest BCUT2D eigenvalue weighted by molar-refractivity contribution is 6.33. The van der Waals surface area contributed by atoms with Gasteiger partial charge in [-0.15, -0.1) is 0 Å². The first kappa shape index (κ1) is 12.7. The third-order valence-electron chi connectivity index (χ3n) is 3.73. The number of nitrogens with one attached hydrogen (secondary N) is 1. The lowest BCUT2D eigenvalue weighted by Gasteiger charge is -2.33. The molecule has 2 nitrogen and oxygen atoms in total. The Kier molecular flexibility index (Phi) is 4.30. The minimum atomic E-state index is 0.489. The second-order valence-electron chi connectivity index (χ2n) is 5.05. The second kappa shape index (κ2) is 5.74. The molecule has 94 valence electrons. The zero-order valence-corrected chi connectivity index (χ0v) is 11.4. The van der Waals surface area contributed by atoms with Crippen molar-refractivity contribution in [3.8, 4) is 0 Å². The lowest BCUT2D eigenvalue weighted by atomic mass is 9.90. The van der Waals surface area contributed by atoms with Crippen LogP contribution in [0.25, 0.3) is 0 Å². The zero-order chi connectivity index (χ0) is 12.3. The topological polar surface area (TPSA) is 15.3 Å². The molecule has 1 aliphatic rings. The van der Waals surface area contributed by atoms with Crippen molar-refractivity contribution in [2.24, 2.45) is 5.92 Å². The molecule has 3 heteroatoms. The normalized spacial score (nSPS) is 20.2. The van der Waals surface area contributed by atoms with Gasteiger partial charge in [-0.1, -0.05) is 23.7 Å². The van der Waals surface area contributed by atoms with E-state index in [9.17, 15) is 0 Å². The van der Waals surface area contributed by atoms with E-state index in [-0.39, 0.29) is 0 Å². The molecule has 1 aromatic carbocycles. The smallest absolute Gasteiger partial charge is 0.0637 e. The van der Waals surface area contributed by atoms with Crippen LogP contribution < -0.4 is 5.32 Å². The predicted octanol–water partition coefficient (Wildman–Crippen LogP) is 3.48. The molecule has 1 saturated heterocycles. The largest absolute Gasteiger partial charge is 0.381 e. The van der Waals surface area contributed by atoms with Gasteiger partial charge in [-0.05, 0) is 58.0 Å². The number of para-hydroxylation sites is 1. The average Bonchev–Trinajstić information content (AvgIpc) is 2.33. The molecule has 0 amide bonds. The van der Waals surface area contributed by atoms with Gasteiger partial charge in [0.25, 0.3) is 0 Å². The van der Waals surface area contributed by atoms with Gasteiger partial charge in [-0.25, -0.2) is 0 Å². The Morgan fingerprint density at radius 2 is 1.94 bits per heavy atom. The fourth-order valence-electron chi connectivity index (χ4n) is 2.47. The van der Waals surface area contributed by atoms with Crippen LogP contribution in [0.2, 0.25) is 5.02 Å². The molecule has 1 aliphatic heterocycles. The van der Waals surface area contributed by atoms with Crippen molar-refractivity contribution in [3.63, 3.8) is 0 Å². The van der Waals surface area contributed by atoms with E-state index < -0.39 is 0 Å². The average molecular weight is 253 g/mol. The van der Waals surface area contributed by atoms with E-state index in [2.05, 4.69) is 24.2 Å². The van der Waals surface area contributed by atoms with E-state index in [1.54, 1.807) is 0 Å². The van der Waals surface area contributed by atoms with E-state index in [1.807, 2.05) is 24.3 Å². The van der Waals surface area contributed by atoms with Crippen LogP contribution in [0.15, 0.2) is 24.3 Å². The van der Waals surface area contributed by atoms with Crippen molar-refractivity contribution in [1.29, 1.82) is 0 Å². The molecule has 0 saturated carbocycles. The van der Waals surface area contributed by atoms with Crippen LogP contribution >= 0.6 is 11.6 Å². The number of anilines is 1. The van der Waals surface area contributed by atoms with E-state index in [4.69, 9.17) is 11.6 Å². The maximum Gasteiger partial charge on any atom is 0.0637 e. The summed E-state index contributed by atoms with van der Waals surface area (Å²) in [6.45, 7) is 4.68. The number of benzene rings is 1. The molecule has 0 spiro atoms. The van der Waals surface area contributed by atoms with Crippen molar-refractivity contribution in [3.05, 3.63) is 29.3 Å². The monoisotopic (exact) mass is 252 g/mol. The van der Waals surface area contributed by atoms with Gasteiger partial charge in [-0.2, -0.15) is 0 Å². The first-order valence-corrected chi connectivity index (χ1v) is 6.74. The Morgan fingerprint density at radius 3 is 2.59 bits per heavy atom. The van der Waals surface area contributed by atoms with E-state index in [1.165, 1.54) is 25.9 Å². The third-order valence-corrected chi connectivity index (χ3v) is 4.06. The number of likely N-dealkylation sites (tertiary alicyclic amines) is 1. The zero-order valence-electron chi connectivity index (χ0n) is 10.6. The van der Waals surface area contributed by atoms with Gasteiger partial charge in [0.05, 0.1) is 10.7 Å². The molecule has 0 aromatic heterocycles. The Bertz CT molecular complexity index is 359. The molecule has 2 rings (SSSR count). The highest BCUT2D eigenvalue weighted by atomic mass is 35.5. The molecule has 1 heterocycles. The molecular formula is C14H21ClN2. The van der Waals surface area contributed by atoms with Crippen LogP contribution in [0.4, 0.5) is 5.69 Å². The third kappa shape index (κ3) is 3.36. The first-order valence-electron chi connectivity index (χ1n) is 6.36. The summed E-state index contributed by atoms with van der Waals surface area (Å²) >= 11 is 6.16. The summed E-state index contributed by atoms with van der Waals surface area (Å²) in [5.41, 5.74) is 1.06. The number of rotatable bonds is 3. The van der Waals surface area contributed by atoms with Crippen LogP contribution in [0.1, 0.15) is 19.8 Å². The van der Waals surface area contributed by atoms with Gasteiger partial charge in [0.2, 0.25) is 0 Å². The number of nitrogens with zero attached hydrogens (tertiary/aromatic N) is 1. The first-order chi connectivity index (χ1) is 8.16. The highest BCUT2D eigenvalue weighted by Crippen LogP contribution is 2.26. The minimum absolute atomic E-state index is 0.489. The van der Waals surface area contributed by atoms with Gasteiger partial charge in [0.15, 0.2) is 0 Å². The van der Waals surface area contributed by atoms with Crippen LogP contribution in [0, 0.1) is 5.92 Å². The molecule has 1 atom stereocenters. The van der Waals surface area contributed by atoms with Crippen LogP contribution in [-0.4, -0.2) is 31.1 Å². The fourth-order valence-corrected chi connectivity index (χ4v) is 2.66. The van der Waals surface area contributed by atoms with Crippen molar-refractivity contribution in [1.82, 2.24) is 4.90 Å². The predicted molar refractivity (Wildman–Crippen MR) is 74.8 cm³/mol. The lowest BCUT2D eigenvalue weighted by Crippen LogP contribution is -2.37. The molecule has 1 N–H and O–H groups in total. The number of halogens is 1. The van der Waals surface area contributed by atoms with E-state index in [0.717, 1.165) is 16.6 Å². The number of hydrogen-bond acceptors (Lipinski definition) is 2. The molecule has 0 bridgehead atoms. The molecule has 0 aliphatic carbocycles. The molecular weight excluding hydrogens is 232 g/mol. The summed E-state index contributed by atoms with van der Waals surface area (Å²) in [6, 6.07) is 8.46. The Labute approximate surface area is 109 Å². The van der Waals surface area contributed by atoms with Crippen molar-refractivity contribution in [2.75, 3.05) is 25.5 Å². The summed E-state index contributed by atoms with van der Waals surface area (Å²) in [4.78, 5) is 2.40. The van der Waals surface area contributed by atoms with Crippen molar-refractivity contribution >= 4 is 17.3 Å². The fraction of sp³-hybridized carbons (Fsp3) is 0.571. The Hall–Kier alpha value is -0.730. The van der Waals surface area contributed by atoms with Crippen molar-refractivity contribution in [2.45, 2.75) is 25.8 Å². The van der Waals surface area contributed by atoms with Gasteiger partial charge >= 0.3 is 0 Å². The van der Waals surface area contributed by atoms with Gasteiger partial charge in [0, 0.05) is 6.04 Å². The number of hydrogen-bond donors (Lipinski definition) is 1. The van der Waals surface area contributed by atoms with Crippen molar-refractivity contribution < 1.29 is 0 Å². The van der Waals surface area contributed by atoms with E-state index >= 15 is 0 Å². The summed E-state index contributed by atoms with van der Waals surface area (Å²) in [7, 11) is 2.20. The standard InChI is InChI=1S/C14H21ClN2/c1-11(12-7-9-17(2)10-8-12)16-14-6-4-3-5-13(14)15/h3-6,11-12,16H,7-10H2,1-2H3. The Morgan fingerprint density at radius 1 is 1.29 bits per heavy atom. The maximum atomic E-state index is 6.16.